The number of carbonyl (C=O) groups is 1. The number of hydrogen-bond donors (Lipinski definition) is 1. The second-order valence-electron chi connectivity index (χ2n) is 7.63. The first-order valence-corrected chi connectivity index (χ1v) is 10.3. The molecule has 0 aromatic heterocycles. The van der Waals surface area contributed by atoms with Crippen LogP contribution in [0.4, 0.5) is 0 Å². The highest BCUT2D eigenvalue weighted by atomic mass is 35.5. The summed E-state index contributed by atoms with van der Waals surface area (Å²) in [5, 5.41) is 3.44. The second kappa shape index (κ2) is 11.9. The van der Waals surface area contributed by atoms with Crippen LogP contribution in [0.25, 0.3) is 0 Å². The molecular weight excluding hydrogens is 368 g/mol. The zero-order chi connectivity index (χ0) is 18.9. The summed E-state index contributed by atoms with van der Waals surface area (Å²) in [7, 11) is 0. The first kappa shape index (κ1) is 22.4. The van der Waals surface area contributed by atoms with Gasteiger partial charge in [-0.15, -0.1) is 12.4 Å². The molecule has 2 aromatic rings. The number of hydrogen-bond acceptors (Lipinski definition) is 2. The van der Waals surface area contributed by atoms with E-state index in [0.29, 0.717) is 18.2 Å². The minimum Gasteiger partial charge on any atom is -0.343 e. The molecule has 1 aliphatic rings. The van der Waals surface area contributed by atoms with Gasteiger partial charge in [0.05, 0.1) is 0 Å². The van der Waals surface area contributed by atoms with E-state index < -0.39 is 0 Å². The number of amides is 1. The molecule has 0 radical (unpaired) electrons. The third-order valence-electron chi connectivity index (χ3n) is 5.67. The van der Waals surface area contributed by atoms with Crippen LogP contribution in [0.1, 0.15) is 43.2 Å². The topological polar surface area (TPSA) is 32.3 Å². The van der Waals surface area contributed by atoms with Crippen molar-refractivity contribution in [3.63, 3.8) is 0 Å². The van der Waals surface area contributed by atoms with Crippen LogP contribution in [0.5, 0.6) is 0 Å². The van der Waals surface area contributed by atoms with Crippen molar-refractivity contribution in [1.29, 1.82) is 0 Å². The van der Waals surface area contributed by atoms with Gasteiger partial charge in [-0.2, -0.15) is 0 Å². The minimum atomic E-state index is 0. The molecular formula is C24H33ClN2O. The van der Waals surface area contributed by atoms with Crippen LogP contribution in [0.2, 0.25) is 0 Å². The largest absolute Gasteiger partial charge is 0.343 e. The van der Waals surface area contributed by atoms with E-state index in [1.807, 2.05) is 12.1 Å². The van der Waals surface area contributed by atoms with E-state index in [0.717, 1.165) is 45.4 Å². The van der Waals surface area contributed by atoms with Crippen molar-refractivity contribution in [3.8, 4) is 0 Å². The van der Waals surface area contributed by atoms with Gasteiger partial charge < -0.3 is 10.2 Å². The normalized spacial score (nSPS) is 15.7. The Labute approximate surface area is 175 Å². The molecule has 0 bridgehead atoms. The zero-order valence-corrected chi connectivity index (χ0v) is 17.7. The Morgan fingerprint density at radius 1 is 1.04 bits per heavy atom. The maximum absolute atomic E-state index is 13.0. The summed E-state index contributed by atoms with van der Waals surface area (Å²) in [4.78, 5) is 15.1. The second-order valence-corrected chi connectivity index (χ2v) is 7.63. The fraction of sp³-hybridized carbons (Fsp3) is 0.458. The molecule has 1 saturated heterocycles. The fourth-order valence-corrected chi connectivity index (χ4v) is 4.01. The van der Waals surface area contributed by atoms with Gasteiger partial charge in [0.1, 0.15) is 0 Å². The van der Waals surface area contributed by atoms with Gasteiger partial charge in [0.15, 0.2) is 0 Å². The average molecular weight is 401 g/mol. The molecule has 2 aromatic carbocycles. The highest BCUT2D eigenvalue weighted by molar-refractivity contribution is 5.85. The summed E-state index contributed by atoms with van der Waals surface area (Å²) < 4.78 is 0. The van der Waals surface area contributed by atoms with Crippen molar-refractivity contribution in [2.75, 3.05) is 26.2 Å². The number of nitrogens with one attached hydrogen (secondary N) is 1. The maximum atomic E-state index is 13.0. The first-order chi connectivity index (χ1) is 13.3. The van der Waals surface area contributed by atoms with Crippen LogP contribution >= 0.6 is 12.4 Å². The van der Waals surface area contributed by atoms with Gasteiger partial charge in [0.25, 0.3) is 0 Å². The fourth-order valence-electron chi connectivity index (χ4n) is 4.01. The molecule has 1 N–H and O–H groups in total. The molecule has 1 amide bonds. The van der Waals surface area contributed by atoms with Crippen LogP contribution in [0.3, 0.4) is 0 Å². The van der Waals surface area contributed by atoms with E-state index in [4.69, 9.17) is 0 Å². The summed E-state index contributed by atoms with van der Waals surface area (Å²) in [5.41, 5.74) is 2.56. The molecule has 3 rings (SSSR count). The number of nitrogens with zero attached hydrogens (tertiary/aromatic N) is 1. The van der Waals surface area contributed by atoms with Gasteiger partial charge in [-0.3, -0.25) is 4.79 Å². The zero-order valence-electron chi connectivity index (χ0n) is 16.8. The predicted octanol–water partition coefficient (Wildman–Crippen LogP) is 4.67. The van der Waals surface area contributed by atoms with Crippen LogP contribution in [-0.4, -0.2) is 37.0 Å². The standard InChI is InChI=1S/C24H32N2O.ClH/c1-2-25-19-21-13-15-26(16-14-21)24(27)18-23(22-11-7-4-8-12-22)17-20-9-5-3-6-10-20;/h3-12,21,23,25H,2,13-19H2,1H3;1H. The van der Waals surface area contributed by atoms with E-state index in [2.05, 4.69) is 65.7 Å². The summed E-state index contributed by atoms with van der Waals surface area (Å²) in [6.45, 7) is 6.06. The van der Waals surface area contributed by atoms with Crippen LogP contribution in [-0.2, 0) is 11.2 Å². The lowest BCUT2D eigenvalue weighted by Crippen LogP contribution is -2.41. The summed E-state index contributed by atoms with van der Waals surface area (Å²) in [6.07, 6.45) is 3.74. The summed E-state index contributed by atoms with van der Waals surface area (Å²) in [5.74, 6) is 1.26. The smallest absolute Gasteiger partial charge is 0.223 e. The first-order valence-electron chi connectivity index (χ1n) is 10.3. The van der Waals surface area contributed by atoms with E-state index in [1.165, 1.54) is 11.1 Å². The van der Waals surface area contributed by atoms with Crippen molar-refractivity contribution < 1.29 is 4.79 Å². The monoisotopic (exact) mass is 400 g/mol. The molecule has 1 unspecified atom stereocenters. The third-order valence-corrected chi connectivity index (χ3v) is 5.67. The van der Waals surface area contributed by atoms with Gasteiger partial charge in [-0.25, -0.2) is 0 Å². The van der Waals surface area contributed by atoms with Crippen molar-refractivity contribution in [3.05, 3.63) is 71.8 Å². The quantitative estimate of drug-likeness (QED) is 0.698. The predicted molar refractivity (Wildman–Crippen MR) is 119 cm³/mol. The molecule has 1 heterocycles. The Hall–Kier alpha value is -1.84. The van der Waals surface area contributed by atoms with Crippen molar-refractivity contribution >= 4 is 18.3 Å². The molecule has 0 saturated carbocycles. The minimum absolute atomic E-state index is 0. The molecule has 0 aliphatic carbocycles. The highest BCUT2D eigenvalue weighted by Gasteiger charge is 2.25. The van der Waals surface area contributed by atoms with E-state index in [-0.39, 0.29) is 18.3 Å². The van der Waals surface area contributed by atoms with Gasteiger partial charge >= 0.3 is 0 Å². The van der Waals surface area contributed by atoms with Crippen molar-refractivity contribution in [2.24, 2.45) is 5.92 Å². The lowest BCUT2D eigenvalue weighted by Gasteiger charge is -2.33. The maximum Gasteiger partial charge on any atom is 0.223 e. The van der Waals surface area contributed by atoms with Crippen LogP contribution in [0, 0.1) is 5.92 Å². The van der Waals surface area contributed by atoms with Gasteiger partial charge in [-0.05, 0) is 55.3 Å². The summed E-state index contributed by atoms with van der Waals surface area (Å²) in [6, 6.07) is 21.0. The Balaban J connectivity index is 0.00000280. The lowest BCUT2D eigenvalue weighted by molar-refractivity contribution is -0.133. The van der Waals surface area contributed by atoms with Crippen LogP contribution in [0.15, 0.2) is 60.7 Å². The molecule has 1 aliphatic heterocycles. The molecule has 4 heteroatoms. The summed E-state index contributed by atoms with van der Waals surface area (Å²) >= 11 is 0. The Bertz CT molecular complexity index is 684. The SMILES string of the molecule is CCNCC1CCN(C(=O)CC(Cc2ccccc2)c2ccccc2)CC1.Cl. The average Bonchev–Trinajstić information content (AvgIpc) is 2.73. The molecule has 28 heavy (non-hydrogen) atoms. The number of carbonyl (C=O) groups excluding carboxylic acids is 1. The van der Waals surface area contributed by atoms with Gasteiger partial charge in [-0.1, -0.05) is 67.6 Å². The highest BCUT2D eigenvalue weighted by Crippen LogP contribution is 2.26. The van der Waals surface area contributed by atoms with Crippen molar-refractivity contribution in [2.45, 2.75) is 38.5 Å². The molecule has 3 nitrogen and oxygen atoms in total. The van der Waals surface area contributed by atoms with E-state index >= 15 is 0 Å². The number of benzene rings is 2. The number of piperidine rings is 1. The Morgan fingerprint density at radius 2 is 1.64 bits per heavy atom. The molecule has 0 spiro atoms. The third kappa shape index (κ3) is 6.65. The van der Waals surface area contributed by atoms with Crippen LogP contribution < -0.4 is 5.32 Å². The molecule has 1 atom stereocenters. The number of halogens is 1. The molecule has 1 fully saturated rings. The Morgan fingerprint density at radius 3 is 2.25 bits per heavy atom. The number of rotatable bonds is 8. The number of likely N-dealkylation sites (tertiary alicyclic amines) is 1. The van der Waals surface area contributed by atoms with Gasteiger partial charge in [0, 0.05) is 19.5 Å². The van der Waals surface area contributed by atoms with Crippen molar-refractivity contribution in [1.82, 2.24) is 10.2 Å². The molecule has 152 valence electrons. The van der Waals surface area contributed by atoms with E-state index in [1.54, 1.807) is 0 Å². The van der Waals surface area contributed by atoms with E-state index in [9.17, 15) is 4.79 Å². The lowest BCUT2D eigenvalue weighted by atomic mass is 9.88. The Kier molecular flexibility index (Phi) is 9.52. The van der Waals surface area contributed by atoms with Gasteiger partial charge in [0.2, 0.25) is 5.91 Å².